The van der Waals surface area contributed by atoms with Gasteiger partial charge in [0.2, 0.25) is 0 Å². The Morgan fingerprint density at radius 2 is 2.07 bits per heavy atom. The van der Waals surface area contributed by atoms with Crippen LogP contribution in [-0.4, -0.2) is 30.1 Å². The number of ether oxygens (including phenoxy) is 1. The Kier molecular flexibility index (Phi) is 5.36. The van der Waals surface area contributed by atoms with Crippen molar-refractivity contribution < 1.29 is 18.3 Å². The van der Waals surface area contributed by atoms with Crippen LogP contribution in [0.3, 0.4) is 0 Å². The van der Waals surface area contributed by atoms with Gasteiger partial charge in [-0.25, -0.2) is 4.39 Å². The third kappa shape index (κ3) is 4.12. The molecule has 1 aromatic carbocycles. The molecule has 4 nitrogen and oxygen atoms in total. The summed E-state index contributed by atoms with van der Waals surface area (Å²) in [5.74, 6) is -0.0189. The molecule has 0 spiro atoms. The minimum absolute atomic E-state index is 0.0508. The Hall–Kier alpha value is -2.44. The molecule has 140 valence electrons. The Balaban J connectivity index is 1.56. The number of nitrogens with zero attached hydrogens (tertiary/aromatic N) is 1. The van der Waals surface area contributed by atoms with E-state index in [4.69, 9.17) is 9.15 Å². The van der Waals surface area contributed by atoms with E-state index in [1.54, 1.807) is 46.6 Å². The second-order valence-corrected chi connectivity index (χ2v) is 7.58. The highest BCUT2D eigenvalue weighted by Gasteiger charge is 2.26. The van der Waals surface area contributed by atoms with E-state index in [0.29, 0.717) is 24.4 Å². The molecule has 1 aliphatic heterocycles. The van der Waals surface area contributed by atoms with E-state index in [1.807, 2.05) is 17.5 Å². The van der Waals surface area contributed by atoms with Gasteiger partial charge in [0, 0.05) is 18.0 Å². The van der Waals surface area contributed by atoms with Crippen LogP contribution in [0.5, 0.6) is 0 Å². The van der Waals surface area contributed by atoms with Crippen molar-refractivity contribution in [1.29, 1.82) is 0 Å². The molecule has 1 unspecified atom stereocenters. The first kappa shape index (κ1) is 17.9. The summed E-state index contributed by atoms with van der Waals surface area (Å²) in [4.78, 5) is 15.9. The number of rotatable bonds is 6. The second-order valence-electron chi connectivity index (χ2n) is 6.54. The molecule has 6 heteroatoms. The number of hydrogen-bond acceptors (Lipinski definition) is 4. The van der Waals surface area contributed by atoms with Crippen LogP contribution in [0.15, 0.2) is 58.3 Å². The van der Waals surface area contributed by atoms with E-state index in [-0.39, 0.29) is 23.6 Å². The Morgan fingerprint density at radius 1 is 1.19 bits per heavy atom. The molecule has 3 heterocycles. The molecular weight excluding hydrogens is 365 g/mol. The van der Waals surface area contributed by atoms with Gasteiger partial charge in [-0.2, -0.15) is 0 Å². The Bertz CT molecular complexity index is 900. The molecule has 2 aromatic heterocycles. The van der Waals surface area contributed by atoms with Gasteiger partial charge < -0.3 is 14.1 Å². The number of amides is 1. The van der Waals surface area contributed by atoms with Crippen LogP contribution in [0, 0.1) is 5.82 Å². The van der Waals surface area contributed by atoms with Gasteiger partial charge in [0.15, 0.2) is 5.76 Å². The van der Waals surface area contributed by atoms with Crippen LogP contribution in [0.25, 0.3) is 11.3 Å². The van der Waals surface area contributed by atoms with Crippen molar-refractivity contribution in [2.75, 3.05) is 13.2 Å². The molecule has 1 amide bonds. The maximum absolute atomic E-state index is 14.0. The van der Waals surface area contributed by atoms with Crippen LogP contribution in [-0.2, 0) is 11.3 Å². The number of benzene rings is 1. The van der Waals surface area contributed by atoms with Crippen LogP contribution >= 0.6 is 11.3 Å². The van der Waals surface area contributed by atoms with Crippen molar-refractivity contribution in [2.24, 2.45) is 0 Å². The average Bonchev–Trinajstić information content (AvgIpc) is 3.44. The lowest BCUT2D eigenvalue weighted by Gasteiger charge is -2.24. The van der Waals surface area contributed by atoms with Gasteiger partial charge in [0.1, 0.15) is 11.6 Å². The SMILES string of the molecule is O=C(c1ccc(-c2ccccc2F)o1)N(Cc1cccs1)CC1CCCO1. The zero-order valence-electron chi connectivity index (χ0n) is 14.8. The molecule has 0 radical (unpaired) electrons. The first-order chi connectivity index (χ1) is 13.2. The van der Waals surface area contributed by atoms with Crippen molar-refractivity contribution in [3.63, 3.8) is 0 Å². The molecule has 4 rings (SSSR count). The van der Waals surface area contributed by atoms with Gasteiger partial charge in [-0.3, -0.25) is 4.79 Å². The quantitative estimate of drug-likeness (QED) is 0.602. The van der Waals surface area contributed by atoms with E-state index in [2.05, 4.69) is 0 Å². The fraction of sp³-hybridized carbons (Fsp3) is 0.286. The maximum Gasteiger partial charge on any atom is 0.289 e. The molecular formula is C21H20FNO3S. The smallest absolute Gasteiger partial charge is 0.289 e. The van der Waals surface area contributed by atoms with Crippen LogP contribution in [0.1, 0.15) is 28.3 Å². The molecule has 1 saturated heterocycles. The first-order valence-electron chi connectivity index (χ1n) is 8.99. The lowest BCUT2D eigenvalue weighted by molar-refractivity contribution is 0.0487. The summed E-state index contributed by atoms with van der Waals surface area (Å²) in [6, 6.07) is 13.6. The van der Waals surface area contributed by atoms with Crippen LogP contribution < -0.4 is 0 Å². The maximum atomic E-state index is 14.0. The molecule has 0 N–H and O–H groups in total. The van der Waals surface area contributed by atoms with Gasteiger partial charge in [-0.05, 0) is 48.6 Å². The molecule has 0 saturated carbocycles. The predicted octanol–water partition coefficient (Wildman–Crippen LogP) is 4.97. The topological polar surface area (TPSA) is 42.7 Å². The molecule has 0 bridgehead atoms. The van der Waals surface area contributed by atoms with E-state index < -0.39 is 0 Å². The lowest BCUT2D eigenvalue weighted by Crippen LogP contribution is -2.36. The normalized spacial score (nSPS) is 16.6. The first-order valence-corrected chi connectivity index (χ1v) is 9.86. The van der Waals surface area contributed by atoms with Crippen LogP contribution in [0.4, 0.5) is 4.39 Å². The van der Waals surface area contributed by atoms with Gasteiger partial charge in [-0.1, -0.05) is 18.2 Å². The molecule has 0 aliphatic carbocycles. The van der Waals surface area contributed by atoms with E-state index in [0.717, 1.165) is 24.3 Å². The number of thiophene rings is 1. The third-order valence-electron chi connectivity index (χ3n) is 4.62. The van der Waals surface area contributed by atoms with E-state index in [1.165, 1.54) is 6.07 Å². The summed E-state index contributed by atoms with van der Waals surface area (Å²) in [5.41, 5.74) is 0.348. The van der Waals surface area contributed by atoms with Crippen molar-refractivity contribution in [2.45, 2.75) is 25.5 Å². The number of carbonyl (C=O) groups is 1. The second kappa shape index (κ2) is 8.06. The fourth-order valence-electron chi connectivity index (χ4n) is 3.26. The van der Waals surface area contributed by atoms with E-state index >= 15 is 0 Å². The number of carbonyl (C=O) groups excluding carboxylic acids is 1. The standard InChI is InChI=1S/C21H20FNO3S/c22-18-8-2-1-7-17(18)19-9-10-20(26-19)21(24)23(13-15-5-3-11-25-15)14-16-6-4-12-27-16/h1-2,4,6-10,12,15H,3,5,11,13-14H2. The highest BCUT2D eigenvalue weighted by atomic mass is 32.1. The number of hydrogen-bond donors (Lipinski definition) is 0. The Morgan fingerprint density at radius 3 is 2.81 bits per heavy atom. The average molecular weight is 385 g/mol. The van der Waals surface area contributed by atoms with Gasteiger partial charge >= 0.3 is 0 Å². The van der Waals surface area contributed by atoms with Crippen molar-refractivity contribution in [3.8, 4) is 11.3 Å². The van der Waals surface area contributed by atoms with Gasteiger partial charge in [0.25, 0.3) is 5.91 Å². The molecule has 1 fully saturated rings. The highest BCUT2D eigenvalue weighted by Crippen LogP contribution is 2.26. The molecule has 3 aromatic rings. The number of halogens is 1. The zero-order chi connectivity index (χ0) is 18.6. The minimum atomic E-state index is -0.374. The fourth-order valence-corrected chi connectivity index (χ4v) is 3.98. The monoisotopic (exact) mass is 385 g/mol. The summed E-state index contributed by atoms with van der Waals surface area (Å²) in [6.07, 6.45) is 2.02. The van der Waals surface area contributed by atoms with Crippen LogP contribution in [0.2, 0.25) is 0 Å². The molecule has 27 heavy (non-hydrogen) atoms. The minimum Gasteiger partial charge on any atom is -0.451 e. The summed E-state index contributed by atoms with van der Waals surface area (Å²) >= 11 is 1.61. The van der Waals surface area contributed by atoms with E-state index in [9.17, 15) is 9.18 Å². The van der Waals surface area contributed by atoms with Gasteiger partial charge in [0.05, 0.1) is 18.2 Å². The summed E-state index contributed by atoms with van der Waals surface area (Å²) in [5, 5.41) is 1.99. The van der Waals surface area contributed by atoms with Crippen molar-refractivity contribution in [3.05, 3.63) is 70.4 Å². The van der Waals surface area contributed by atoms with Crippen molar-refractivity contribution in [1.82, 2.24) is 4.90 Å². The Labute approximate surface area is 161 Å². The molecule has 1 aliphatic rings. The summed E-state index contributed by atoms with van der Waals surface area (Å²) in [7, 11) is 0. The zero-order valence-corrected chi connectivity index (χ0v) is 15.6. The highest BCUT2D eigenvalue weighted by molar-refractivity contribution is 7.09. The van der Waals surface area contributed by atoms with Gasteiger partial charge in [-0.15, -0.1) is 11.3 Å². The summed E-state index contributed by atoms with van der Waals surface area (Å²) < 4.78 is 25.4. The third-order valence-corrected chi connectivity index (χ3v) is 5.48. The predicted molar refractivity (Wildman–Crippen MR) is 102 cm³/mol. The van der Waals surface area contributed by atoms with Crippen molar-refractivity contribution >= 4 is 17.2 Å². The lowest BCUT2D eigenvalue weighted by atomic mass is 10.1. The summed E-state index contributed by atoms with van der Waals surface area (Å²) in [6.45, 7) is 1.77. The largest absolute Gasteiger partial charge is 0.451 e. The molecule has 1 atom stereocenters. The number of furan rings is 1.